The number of para-hydroxylation sites is 1. The van der Waals surface area contributed by atoms with Crippen LogP contribution >= 0.6 is 0 Å². The van der Waals surface area contributed by atoms with E-state index in [1.54, 1.807) is 0 Å². The average molecular weight is 825 g/mol. The van der Waals surface area contributed by atoms with Gasteiger partial charge in [-0.05, 0) is 61.9 Å². The maximum Gasteiger partial charge on any atom is 0.344 e. The number of aliphatic hydroxyl groups is 2. The third-order valence-electron chi connectivity index (χ3n) is 15.6. The summed E-state index contributed by atoms with van der Waals surface area (Å²) in [5.74, 6) is -2.88. The number of hydrogen-bond donors (Lipinski definition) is 3. The molecule has 2 aromatic carbocycles. The van der Waals surface area contributed by atoms with E-state index in [1.807, 2.05) is 74.3 Å². The van der Waals surface area contributed by atoms with Gasteiger partial charge in [0.05, 0.1) is 27.4 Å². The number of ketones is 1. The Morgan fingerprint density at radius 1 is 0.967 bits per heavy atom. The molecule has 2 bridgehead atoms. The minimum absolute atomic E-state index is 0.0314. The van der Waals surface area contributed by atoms with Gasteiger partial charge in [0.1, 0.15) is 16.8 Å². The molecule has 1 spiro atoms. The highest BCUT2D eigenvalue weighted by Gasteiger charge is 2.80. The summed E-state index contributed by atoms with van der Waals surface area (Å²) in [5, 5.41) is 26.2. The number of H-pyrrole nitrogens is 1. The second kappa shape index (κ2) is 13.9. The maximum absolute atomic E-state index is 15.3. The molecule has 1 unspecified atom stereocenters. The maximum atomic E-state index is 15.3. The number of rotatable bonds is 7. The monoisotopic (exact) mass is 824 g/mol. The van der Waals surface area contributed by atoms with E-state index < -0.39 is 63.4 Å². The summed E-state index contributed by atoms with van der Waals surface area (Å²) in [6.45, 7) is 7.39. The first-order chi connectivity index (χ1) is 28.7. The number of anilines is 1. The fourth-order valence-electron chi connectivity index (χ4n) is 13.3. The summed E-state index contributed by atoms with van der Waals surface area (Å²) < 4.78 is 23.8. The SMILES string of the molecule is CC[C@]1(O)CN2CCc3c([nH]c4ccccc34)[C@@](C(=O)OC)(c3cc4c(cc3OC)N(C)[C@H]3[C@@](O)(C(=O)OC)[C@H](OC(C)=O)[C@]5(CC)C=CCN6CC[C@]43[C@@H]65)C[C@@H](C2)C1=O. The zero-order chi connectivity index (χ0) is 42.7. The number of benzene rings is 2. The van der Waals surface area contributed by atoms with Gasteiger partial charge in [-0.15, -0.1) is 0 Å². The van der Waals surface area contributed by atoms with E-state index >= 15 is 4.79 Å². The van der Waals surface area contributed by atoms with E-state index in [4.69, 9.17) is 18.9 Å². The number of nitrogens with zero attached hydrogens (tertiary/aromatic N) is 3. The van der Waals surface area contributed by atoms with Gasteiger partial charge in [-0.2, -0.15) is 0 Å². The van der Waals surface area contributed by atoms with Crippen molar-refractivity contribution in [2.45, 2.75) is 93.1 Å². The number of ether oxygens (including phenoxy) is 4. The molecule has 2 saturated heterocycles. The average Bonchev–Trinajstić information content (AvgIpc) is 3.91. The molecule has 3 N–H and O–H groups in total. The summed E-state index contributed by atoms with van der Waals surface area (Å²) >= 11 is 0. The molecule has 5 aliphatic heterocycles. The summed E-state index contributed by atoms with van der Waals surface area (Å²) in [4.78, 5) is 67.3. The molecule has 6 heterocycles. The van der Waals surface area contributed by atoms with Crippen LogP contribution in [0, 0.1) is 11.3 Å². The number of hydrogen-bond acceptors (Lipinski definition) is 13. The highest BCUT2D eigenvalue weighted by Crippen LogP contribution is 2.68. The van der Waals surface area contributed by atoms with Crippen molar-refractivity contribution in [2.75, 3.05) is 66.0 Å². The van der Waals surface area contributed by atoms with Crippen LogP contribution in [0.25, 0.3) is 10.9 Å². The second-order valence-electron chi connectivity index (χ2n) is 18.0. The van der Waals surface area contributed by atoms with Crippen LogP contribution in [0.5, 0.6) is 5.75 Å². The van der Waals surface area contributed by atoms with Crippen molar-refractivity contribution in [1.82, 2.24) is 14.8 Å². The Morgan fingerprint density at radius 3 is 2.40 bits per heavy atom. The van der Waals surface area contributed by atoms with Crippen LogP contribution in [0.4, 0.5) is 5.69 Å². The van der Waals surface area contributed by atoms with Gasteiger partial charge >= 0.3 is 17.9 Å². The van der Waals surface area contributed by atoms with Crippen molar-refractivity contribution in [3.05, 3.63) is 70.9 Å². The summed E-state index contributed by atoms with van der Waals surface area (Å²) in [7, 11) is 5.94. The molecule has 3 aromatic rings. The fraction of sp³-hybridized carbons (Fsp3) is 0.565. The summed E-state index contributed by atoms with van der Waals surface area (Å²) in [5.41, 5.74) is -3.38. The number of nitrogens with one attached hydrogen (secondary N) is 1. The molecule has 1 saturated carbocycles. The summed E-state index contributed by atoms with van der Waals surface area (Å²) in [6, 6.07) is 10.4. The number of fused-ring (bicyclic) bond motifs is 6. The van der Waals surface area contributed by atoms with Crippen molar-refractivity contribution in [1.29, 1.82) is 0 Å². The second-order valence-corrected chi connectivity index (χ2v) is 18.0. The molecule has 10 atom stereocenters. The predicted molar refractivity (Wildman–Crippen MR) is 221 cm³/mol. The topological polar surface area (TPSA) is 171 Å². The number of likely N-dealkylation sites (N-methyl/N-ethyl adjacent to an activating group) is 1. The van der Waals surface area contributed by atoms with Crippen LogP contribution < -0.4 is 9.64 Å². The molecule has 6 aliphatic rings. The molecule has 60 heavy (non-hydrogen) atoms. The molecule has 9 rings (SSSR count). The van der Waals surface area contributed by atoms with E-state index in [2.05, 4.69) is 14.8 Å². The number of piperidine rings is 1. The molecule has 0 amide bonds. The van der Waals surface area contributed by atoms with Crippen LogP contribution in [0.15, 0.2) is 48.6 Å². The number of esters is 3. The Labute approximate surface area is 349 Å². The lowest BCUT2D eigenvalue weighted by molar-refractivity contribution is -0.228. The third kappa shape index (κ3) is 5.01. The van der Waals surface area contributed by atoms with Crippen LogP contribution in [0.2, 0.25) is 0 Å². The van der Waals surface area contributed by atoms with Crippen molar-refractivity contribution in [3.8, 4) is 5.75 Å². The van der Waals surface area contributed by atoms with Gasteiger partial charge in [0.15, 0.2) is 11.9 Å². The van der Waals surface area contributed by atoms with Gasteiger partial charge in [0.2, 0.25) is 5.60 Å². The smallest absolute Gasteiger partial charge is 0.344 e. The molecule has 14 heteroatoms. The van der Waals surface area contributed by atoms with E-state index in [1.165, 1.54) is 28.3 Å². The third-order valence-corrected chi connectivity index (χ3v) is 15.6. The Balaban J connectivity index is 1.37. The van der Waals surface area contributed by atoms with Gasteiger partial charge in [-0.25, -0.2) is 4.79 Å². The van der Waals surface area contributed by atoms with Gasteiger partial charge < -0.3 is 39.0 Å². The zero-order valence-corrected chi connectivity index (χ0v) is 35.5. The van der Waals surface area contributed by atoms with E-state index in [0.717, 1.165) is 22.0 Å². The Bertz CT molecular complexity index is 2340. The molecule has 1 aromatic heterocycles. The van der Waals surface area contributed by atoms with Gasteiger partial charge in [0, 0.05) is 96.9 Å². The lowest BCUT2D eigenvalue weighted by Gasteiger charge is -2.63. The minimum atomic E-state index is -2.35. The number of Topliss-reactive ketones (excluding diaryl/α,β-unsaturated/α-hetero) is 1. The first kappa shape index (κ1) is 40.6. The number of methoxy groups -OCH3 is 3. The minimum Gasteiger partial charge on any atom is -0.496 e. The predicted octanol–water partition coefficient (Wildman–Crippen LogP) is 3.17. The highest BCUT2D eigenvalue weighted by molar-refractivity contribution is 5.97. The van der Waals surface area contributed by atoms with E-state index in [0.29, 0.717) is 68.1 Å². The number of carbonyl (C=O) groups is 4. The highest BCUT2D eigenvalue weighted by atomic mass is 16.6. The van der Waals surface area contributed by atoms with Gasteiger partial charge in [-0.3, -0.25) is 24.2 Å². The van der Waals surface area contributed by atoms with Crippen LogP contribution in [0.3, 0.4) is 0 Å². The molecular formula is C46H56N4O10. The van der Waals surface area contributed by atoms with Crippen molar-refractivity contribution < 1.29 is 48.3 Å². The number of aromatic amines is 1. The van der Waals surface area contributed by atoms with Crippen LogP contribution in [-0.4, -0.2) is 139 Å². The number of carbonyl (C=O) groups excluding carboxylic acids is 4. The molecular weight excluding hydrogens is 769 g/mol. The van der Waals surface area contributed by atoms with E-state index in [-0.39, 0.29) is 31.2 Å². The van der Waals surface area contributed by atoms with E-state index in [9.17, 15) is 24.6 Å². The Kier molecular flexibility index (Phi) is 9.40. The normalized spacial score (nSPS) is 36.6. The van der Waals surface area contributed by atoms with Crippen molar-refractivity contribution in [3.63, 3.8) is 0 Å². The van der Waals surface area contributed by atoms with Gasteiger partial charge in [-0.1, -0.05) is 44.2 Å². The molecule has 320 valence electrons. The van der Waals surface area contributed by atoms with Crippen molar-refractivity contribution >= 4 is 40.3 Å². The van der Waals surface area contributed by atoms with Crippen LogP contribution in [0.1, 0.15) is 68.8 Å². The molecule has 0 radical (unpaired) electrons. The standard InChI is InChI=1S/C46H56N4O10/c1-8-42-16-12-18-50-20-17-44(37(42)50)30-21-31(34(57-5)22-33(30)48(4)38(44)46(56,41(54)59-7)39(42)60-26(3)51)45(40(53)58-6)23-27-24-49(25-43(55,9-2)36(27)52)19-15-29-28-13-10-11-14-32(28)47-35(29)45/h10-14,16,21-22,27,37-39,47,55-56H,8-9,15,17-20,23-25H2,1-7H3/t27-,37-,38+,39+,42+,43-,44+,45-,46-/m0/s1. The fourth-order valence-corrected chi connectivity index (χ4v) is 13.3. The Morgan fingerprint density at radius 2 is 1.72 bits per heavy atom. The van der Waals surface area contributed by atoms with Gasteiger partial charge in [0.25, 0.3) is 0 Å². The largest absolute Gasteiger partial charge is 0.496 e. The molecule has 1 aliphatic carbocycles. The first-order valence-electron chi connectivity index (χ1n) is 21.2. The van der Waals surface area contributed by atoms with Crippen LogP contribution in [-0.2, 0) is 50.6 Å². The lowest BCUT2D eigenvalue weighted by Crippen LogP contribution is -2.81. The number of aromatic nitrogens is 1. The molecule has 3 fully saturated rings. The molecule has 14 nitrogen and oxygen atoms in total. The summed E-state index contributed by atoms with van der Waals surface area (Å²) in [6.07, 6.45) is 4.38. The lowest BCUT2D eigenvalue weighted by atomic mass is 9.47. The Hall–Kier alpha value is -4.76. The quantitative estimate of drug-likeness (QED) is 0.181. The van der Waals surface area contributed by atoms with Crippen molar-refractivity contribution in [2.24, 2.45) is 11.3 Å². The zero-order valence-electron chi connectivity index (χ0n) is 35.5. The first-order valence-corrected chi connectivity index (χ1v) is 21.2.